The number of amides is 1. The number of carbonyl (C=O) groups excluding carboxylic acids is 1. The van der Waals surface area contributed by atoms with Crippen LogP contribution in [0.3, 0.4) is 0 Å². The maximum atomic E-state index is 11.5. The monoisotopic (exact) mass is 347 g/mol. The lowest BCUT2D eigenvalue weighted by Gasteiger charge is -2.11. The van der Waals surface area contributed by atoms with E-state index in [2.05, 4.69) is 27.9 Å². The topological polar surface area (TPSA) is 66.4 Å². The van der Waals surface area contributed by atoms with E-state index in [1.54, 1.807) is 26.0 Å². The van der Waals surface area contributed by atoms with Crippen LogP contribution in [0.15, 0.2) is 12.1 Å². The van der Waals surface area contributed by atoms with E-state index in [9.17, 15) is 9.59 Å². The van der Waals surface area contributed by atoms with E-state index < -0.39 is 5.97 Å². The summed E-state index contributed by atoms with van der Waals surface area (Å²) in [5.41, 5.74) is 2.36. The average molecular weight is 347 g/mol. The van der Waals surface area contributed by atoms with E-state index in [0.717, 1.165) is 9.99 Å². The summed E-state index contributed by atoms with van der Waals surface area (Å²) in [6, 6.07) is 3.28. The van der Waals surface area contributed by atoms with E-state index in [1.165, 1.54) is 0 Å². The number of rotatable bonds is 4. The van der Waals surface area contributed by atoms with Crippen LogP contribution in [0.1, 0.15) is 27.9 Å². The van der Waals surface area contributed by atoms with Gasteiger partial charge in [-0.15, -0.1) is 0 Å². The molecule has 0 atom stereocenters. The van der Waals surface area contributed by atoms with Gasteiger partial charge in [-0.2, -0.15) is 0 Å². The van der Waals surface area contributed by atoms with Crippen LogP contribution >= 0.6 is 22.6 Å². The van der Waals surface area contributed by atoms with E-state index in [-0.39, 0.29) is 11.5 Å². The second-order valence-electron chi connectivity index (χ2n) is 3.77. The van der Waals surface area contributed by atoms with Crippen LogP contribution in [0.2, 0.25) is 0 Å². The highest BCUT2D eigenvalue weighted by atomic mass is 127. The minimum absolute atomic E-state index is 0.0509. The molecule has 2 N–H and O–H groups in total. The fourth-order valence-corrected chi connectivity index (χ4v) is 1.97. The summed E-state index contributed by atoms with van der Waals surface area (Å²) in [5.74, 6) is -0.999. The quantitative estimate of drug-likeness (QED) is 0.650. The molecule has 1 amide bonds. The van der Waals surface area contributed by atoms with Crippen molar-refractivity contribution in [3.63, 3.8) is 0 Å². The number of hydrogen-bond acceptors (Lipinski definition) is 2. The predicted molar refractivity (Wildman–Crippen MR) is 75.0 cm³/mol. The van der Waals surface area contributed by atoms with Gasteiger partial charge < -0.3 is 10.4 Å². The molecular weight excluding hydrogens is 333 g/mol. The normalized spacial score (nSPS) is 10.1. The Balaban J connectivity index is 2.99. The van der Waals surface area contributed by atoms with Gasteiger partial charge in [0.25, 0.3) is 0 Å². The lowest BCUT2D eigenvalue weighted by Crippen LogP contribution is -2.13. The van der Waals surface area contributed by atoms with Gasteiger partial charge in [-0.05, 0) is 37.1 Å². The summed E-state index contributed by atoms with van der Waals surface area (Å²) in [6.45, 7) is 3.50. The highest BCUT2D eigenvalue weighted by molar-refractivity contribution is 14.1. The minimum atomic E-state index is -0.948. The maximum Gasteiger partial charge on any atom is 0.335 e. The van der Waals surface area contributed by atoms with Crippen molar-refractivity contribution in [1.29, 1.82) is 0 Å². The molecule has 4 nitrogen and oxygen atoms in total. The minimum Gasteiger partial charge on any atom is -0.478 e. The molecule has 0 radical (unpaired) electrons. The third-order valence-electron chi connectivity index (χ3n) is 2.40. The highest BCUT2D eigenvalue weighted by Gasteiger charge is 2.11. The number of carboxylic acid groups (broad SMARTS) is 1. The van der Waals surface area contributed by atoms with Crippen molar-refractivity contribution < 1.29 is 14.7 Å². The SMILES string of the molecule is Cc1cc(C(=O)O)c(C)cc1NC(=O)CCI. The number of benzene rings is 1. The van der Waals surface area contributed by atoms with Crippen molar-refractivity contribution in [2.45, 2.75) is 20.3 Å². The molecule has 0 unspecified atom stereocenters. The fourth-order valence-electron chi connectivity index (χ4n) is 1.48. The Bertz CT molecular complexity index is 457. The highest BCUT2D eigenvalue weighted by Crippen LogP contribution is 2.21. The third kappa shape index (κ3) is 3.69. The Morgan fingerprint density at radius 2 is 1.94 bits per heavy atom. The predicted octanol–water partition coefficient (Wildman–Crippen LogP) is 2.77. The molecule has 1 rings (SSSR count). The molecule has 0 aliphatic carbocycles. The molecule has 17 heavy (non-hydrogen) atoms. The second-order valence-corrected chi connectivity index (χ2v) is 4.85. The summed E-state index contributed by atoms with van der Waals surface area (Å²) in [7, 11) is 0. The van der Waals surface area contributed by atoms with Crippen LogP contribution in [0, 0.1) is 13.8 Å². The Labute approximate surface area is 114 Å². The van der Waals surface area contributed by atoms with Crippen LogP contribution in [-0.2, 0) is 4.79 Å². The zero-order chi connectivity index (χ0) is 13.0. The van der Waals surface area contributed by atoms with Crippen molar-refractivity contribution in [2.24, 2.45) is 0 Å². The van der Waals surface area contributed by atoms with E-state index in [4.69, 9.17) is 5.11 Å². The number of nitrogens with one attached hydrogen (secondary N) is 1. The van der Waals surface area contributed by atoms with Crippen molar-refractivity contribution in [2.75, 3.05) is 9.74 Å². The number of alkyl halides is 1. The summed E-state index contributed by atoms with van der Waals surface area (Å²) in [6.07, 6.45) is 0.458. The molecule has 0 heterocycles. The average Bonchev–Trinajstić information content (AvgIpc) is 2.22. The number of aryl methyl sites for hydroxylation is 2. The Hall–Kier alpha value is -1.11. The van der Waals surface area contributed by atoms with Crippen molar-refractivity contribution in [3.8, 4) is 0 Å². The molecule has 5 heteroatoms. The van der Waals surface area contributed by atoms with Gasteiger partial charge in [0.2, 0.25) is 5.91 Å². The summed E-state index contributed by atoms with van der Waals surface area (Å²) >= 11 is 2.14. The Morgan fingerprint density at radius 3 is 2.47 bits per heavy atom. The molecule has 1 aromatic carbocycles. The zero-order valence-corrected chi connectivity index (χ0v) is 11.9. The summed E-state index contributed by atoms with van der Waals surface area (Å²) in [4.78, 5) is 22.4. The number of aromatic carboxylic acids is 1. The van der Waals surface area contributed by atoms with Gasteiger partial charge in [-0.1, -0.05) is 22.6 Å². The molecule has 0 fully saturated rings. The molecule has 0 saturated heterocycles. The summed E-state index contributed by atoms with van der Waals surface area (Å²) < 4.78 is 0.759. The smallest absolute Gasteiger partial charge is 0.335 e. The lowest BCUT2D eigenvalue weighted by atomic mass is 10.0. The van der Waals surface area contributed by atoms with Gasteiger partial charge in [0.1, 0.15) is 0 Å². The van der Waals surface area contributed by atoms with Crippen LogP contribution in [0.25, 0.3) is 0 Å². The van der Waals surface area contributed by atoms with Crippen LogP contribution in [-0.4, -0.2) is 21.4 Å². The fraction of sp³-hybridized carbons (Fsp3) is 0.333. The molecular formula is C12H14INO3. The molecule has 92 valence electrons. The molecule has 0 aromatic heterocycles. The van der Waals surface area contributed by atoms with Crippen molar-refractivity contribution >= 4 is 40.2 Å². The number of halogens is 1. The van der Waals surface area contributed by atoms with Crippen molar-refractivity contribution in [1.82, 2.24) is 0 Å². The first-order chi connectivity index (χ1) is 7.95. The molecule has 0 aliphatic heterocycles. The zero-order valence-electron chi connectivity index (χ0n) is 9.71. The molecule has 0 aliphatic rings. The number of carbonyl (C=O) groups is 2. The first-order valence-electron chi connectivity index (χ1n) is 5.16. The Kier molecular flexibility index (Phi) is 4.92. The van der Waals surface area contributed by atoms with Crippen LogP contribution < -0.4 is 5.32 Å². The van der Waals surface area contributed by atoms with E-state index in [0.29, 0.717) is 17.7 Å². The standard InChI is InChI=1S/C12H14INO3/c1-7-6-10(14-11(15)3-4-13)8(2)5-9(7)12(16)17/h5-6H,3-4H2,1-2H3,(H,14,15)(H,16,17). The first-order valence-corrected chi connectivity index (χ1v) is 6.68. The molecule has 0 saturated carbocycles. The van der Waals surface area contributed by atoms with Gasteiger partial charge in [0.15, 0.2) is 0 Å². The summed E-state index contributed by atoms with van der Waals surface area (Å²) in [5, 5.41) is 11.7. The Morgan fingerprint density at radius 1 is 1.29 bits per heavy atom. The van der Waals surface area contributed by atoms with Gasteiger partial charge in [-0.25, -0.2) is 4.79 Å². The lowest BCUT2D eigenvalue weighted by molar-refractivity contribution is -0.115. The molecule has 1 aromatic rings. The van der Waals surface area contributed by atoms with Crippen LogP contribution in [0.4, 0.5) is 5.69 Å². The largest absolute Gasteiger partial charge is 0.478 e. The van der Waals surface area contributed by atoms with Gasteiger partial charge >= 0.3 is 5.97 Å². The third-order valence-corrected chi connectivity index (χ3v) is 2.94. The van der Waals surface area contributed by atoms with Gasteiger partial charge in [0, 0.05) is 16.5 Å². The van der Waals surface area contributed by atoms with E-state index in [1.807, 2.05) is 0 Å². The van der Waals surface area contributed by atoms with Gasteiger partial charge in [-0.3, -0.25) is 4.79 Å². The number of anilines is 1. The van der Waals surface area contributed by atoms with E-state index >= 15 is 0 Å². The second kappa shape index (κ2) is 6.00. The first kappa shape index (κ1) is 14.0. The van der Waals surface area contributed by atoms with Crippen molar-refractivity contribution in [3.05, 3.63) is 28.8 Å². The molecule has 0 bridgehead atoms. The number of carboxylic acids is 1. The van der Waals surface area contributed by atoms with Gasteiger partial charge in [0.05, 0.1) is 5.56 Å². The maximum absolute atomic E-state index is 11.5. The van der Waals surface area contributed by atoms with Crippen LogP contribution in [0.5, 0.6) is 0 Å². The molecule has 0 spiro atoms. The number of hydrogen-bond donors (Lipinski definition) is 2.